The van der Waals surface area contributed by atoms with Crippen LogP contribution in [0.2, 0.25) is 5.02 Å². The minimum atomic E-state index is -0.349. The molecule has 24 heavy (non-hydrogen) atoms. The Morgan fingerprint density at radius 3 is 2.42 bits per heavy atom. The Kier molecular flexibility index (Phi) is 3.62. The fourth-order valence-corrected chi connectivity index (χ4v) is 3.44. The van der Waals surface area contributed by atoms with Crippen LogP contribution in [0.1, 0.15) is 17.9 Å². The number of ether oxygens (including phenoxy) is 1. The summed E-state index contributed by atoms with van der Waals surface area (Å²) in [4.78, 5) is 26.7. The molecule has 2 heterocycles. The van der Waals surface area contributed by atoms with Crippen molar-refractivity contribution in [2.75, 3.05) is 11.5 Å². The molecule has 1 amide bonds. The van der Waals surface area contributed by atoms with E-state index in [0.29, 0.717) is 16.3 Å². The molecular formula is C19H14ClNO3. The Hall–Kier alpha value is -2.59. The Bertz CT molecular complexity index is 843. The molecule has 120 valence electrons. The van der Waals surface area contributed by atoms with Crippen molar-refractivity contribution >= 4 is 29.2 Å². The zero-order valence-electron chi connectivity index (χ0n) is 12.7. The summed E-state index contributed by atoms with van der Waals surface area (Å²) < 4.78 is 5.24. The fourth-order valence-electron chi connectivity index (χ4n) is 3.31. The van der Waals surface area contributed by atoms with Gasteiger partial charge in [0.2, 0.25) is 5.91 Å². The van der Waals surface area contributed by atoms with Gasteiger partial charge in [-0.25, -0.2) is 4.79 Å². The second kappa shape index (κ2) is 5.80. The van der Waals surface area contributed by atoms with Crippen molar-refractivity contribution in [2.24, 2.45) is 0 Å². The van der Waals surface area contributed by atoms with Crippen LogP contribution < -0.4 is 4.90 Å². The maximum Gasteiger partial charge on any atom is 0.336 e. The average Bonchev–Trinajstić information content (AvgIpc) is 2.97. The van der Waals surface area contributed by atoms with Gasteiger partial charge in [-0.1, -0.05) is 41.9 Å². The first-order valence-electron chi connectivity index (χ1n) is 7.69. The molecule has 2 aliphatic heterocycles. The van der Waals surface area contributed by atoms with Crippen molar-refractivity contribution in [3.05, 3.63) is 76.5 Å². The lowest BCUT2D eigenvalue weighted by atomic mass is 9.84. The first kappa shape index (κ1) is 15.0. The second-order valence-electron chi connectivity index (χ2n) is 5.81. The average molecular weight is 340 g/mol. The van der Waals surface area contributed by atoms with E-state index in [1.54, 1.807) is 17.0 Å². The van der Waals surface area contributed by atoms with Gasteiger partial charge in [-0.15, -0.1) is 0 Å². The Morgan fingerprint density at radius 2 is 1.71 bits per heavy atom. The normalized spacial score (nSPS) is 20.2. The number of nitrogens with zero attached hydrogens (tertiary/aromatic N) is 1. The monoisotopic (exact) mass is 339 g/mol. The highest BCUT2D eigenvalue weighted by atomic mass is 35.5. The molecule has 0 saturated carbocycles. The summed E-state index contributed by atoms with van der Waals surface area (Å²) in [7, 11) is 0. The van der Waals surface area contributed by atoms with Gasteiger partial charge in [-0.2, -0.15) is 0 Å². The molecule has 0 bridgehead atoms. The highest BCUT2D eigenvalue weighted by molar-refractivity contribution is 6.30. The number of amides is 1. The van der Waals surface area contributed by atoms with Crippen LogP contribution in [-0.4, -0.2) is 18.5 Å². The number of anilines is 1. The molecule has 1 unspecified atom stereocenters. The third-order valence-electron chi connectivity index (χ3n) is 4.40. The van der Waals surface area contributed by atoms with E-state index < -0.39 is 0 Å². The number of benzene rings is 2. The lowest BCUT2D eigenvalue weighted by Gasteiger charge is -2.31. The molecule has 2 aliphatic rings. The molecule has 0 spiro atoms. The van der Waals surface area contributed by atoms with E-state index in [9.17, 15) is 9.59 Å². The number of hydrogen-bond acceptors (Lipinski definition) is 3. The number of hydrogen-bond donors (Lipinski definition) is 0. The fraction of sp³-hybridized carbons (Fsp3) is 0.158. The molecule has 0 aliphatic carbocycles. The van der Waals surface area contributed by atoms with E-state index in [1.165, 1.54) is 0 Å². The van der Waals surface area contributed by atoms with Crippen molar-refractivity contribution in [3.63, 3.8) is 0 Å². The Morgan fingerprint density at radius 1 is 1.00 bits per heavy atom. The van der Waals surface area contributed by atoms with Gasteiger partial charge in [0.15, 0.2) is 0 Å². The van der Waals surface area contributed by atoms with E-state index in [0.717, 1.165) is 11.3 Å². The predicted molar refractivity (Wildman–Crippen MR) is 90.7 cm³/mol. The third kappa shape index (κ3) is 2.39. The summed E-state index contributed by atoms with van der Waals surface area (Å²) in [6, 6.07) is 16.6. The molecule has 0 fully saturated rings. The third-order valence-corrected chi connectivity index (χ3v) is 4.66. The van der Waals surface area contributed by atoms with Gasteiger partial charge in [0.25, 0.3) is 0 Å². The molecule has 2 aromatic carbocycles. The zero-order chi connectivity index (χ0) is 16.7. The lowest BCUT2D eigenvalue weighted by Crippen LogP contribution is -2.37. The van der Waals surface area contributed by atoms with Crippen LogP contribution in [0.25, 0.3) is 0 Å². The maximum atomic E-state index is 12.8. The summed E-state index contributed by atoms with van der Waals surface area (Å²) in [6.07, 6.45) is 0.227. The largest absolute Gasteiger partial charge is 0.456 e. The van der Waals surface area contributed by atoms with Crippen LogP contribution >= 0.6 is 11.6 Å². The molecule has 0 radical (unpaired) electrons. The van der Waals surface area contributed by atoms with Crippen molar-refractivity contribution < 1.29 is 14.3 Å². The van der Waals surface area contributed by atoms with E-state index in [2.05, 4.69) is 0 Å². The number of halogens is 1. The number of carbonyl (C=O) groups excluding carboxylic acids is 2. The molecule has 4 nitrogen and oxygen atoms in total. The number of rotatable bonds is 2. The molecule has 0 aromatic heterocycles. The van der Waals surface area contributed by atoms with Crippen molar-refractivity contribution in [3.8, 4) is 0 Å². The second-order valence-corrected chi connectivity index (χ2v) is 6.25. The first-order valence-corrected chi connectivity index (χ1v) is 8.06. The van der Waals surface area contributed by atoms with E-state index in [-0.39, 0.29) is 30.8 Å². The molecular weight excluding hydrogens is 326 g/mol. The number of para-hydroxylation sites is 1. The van der Waals surface area contributed by atoms with Gasteiger partial charge in [-0.05, 0) is 29.8 Å². The van der Waals surface area contributed by atoms with E-state index >= 15 is 0 Å². The first-order chi connectivity index (χ1) is 11.6. The van der Waals surface area contributed by atoms with Gasteiger partial charge >= 0.3 is 5.97 Å². The summed E-state index contributed by atoms with van der Waals surface area (Å²) in [5.74, 6) is -0.684. The summed E-state index contributed by atoms with van der Waals surface area (Å²) in [5, 5.41) is 0.620. The lowest BCUT2D eigenvalue weighted by molar-refractivity contribution is -0.136. The van der Waals surface area contributed by atoms with Crippen molar-refractivity contribution in [1.82, 2.24) is 0 Å². The smallest absolute Gasteiger partial charge is 0.336 e. The maximum absolute atomic E-state index is 12.8. The highest BCUT2D eigenvalue weighted by Gasteiger charge is 2.42. The number of carbonyl (C=O) groups is 2. The van der Waals surface area contributed by atoms with Crippen LogP contribution in [0.3, 0.4) is 0 Å². The molecule has 0 saturated heterocycles. The van der Waals surface area contributed by atoms with E-state index in [4.69, 9.17) is 16.3 Å². The highest BCUT2D eigenvalue weighted by Crippen LogP contribution is 2.41. The van der Waals surface area contributed by atoms with Crippen molar-refractivity contribution in [1.29, 1.82) is 0 Å². The van der Waals surface area contributed by atoms with Crippen LogP contribution in [0.15, 0.2) is 65.9 Å². The van der Waals surface area contributed by atoms with Gasteiger partial charge in [0, 0.05) is 23.0 Å². The Labute approximate surface area is 144 Å². The molecule has 0 N–H and O–H groups in total. The van der Waals surface area contributed by atoms with Crippen LogP contribution in [0.4, 0.5) is 5.69 Å². The van der Waals surface area contributed by atoms with Crippen LogP contribution in [0, 0.1) is 0 Å². The summed E-state index contributed by atoms with van der Waals surface area (Å²) in [6.45, 7) is 0.124. The number of cyclic esters (lactones) is 1. The minimum Gasteiger partial charge on any atom is -0.456 e. The Balaban J connectivity index is 1.82. The molecule has 5 heteroatoms. The van der Waals surface area contributed by atoms with Crippen molar-refractivity contribution in [2.45, 2.75) is 12.3 Å². The topological polar surface area (TPSA) is 46.6 Å². The van der Waals surface area contributed by atoms with Gasteiger partial charge in [0.05, 0.1) is 11.3 Å². The zero-order valence-corrected chi connectivity index (χ0v) is 13.5. The molecule has 4 rings (SSSR count). The van der Waals surface area contributed by atoms with Gasteiger partial charge < -0.3 is 4.74 Å². The van der Waals surface area contributed by atoms with E-state index in [1.807, 2.05) is 42.5 Å². The minimum absolute atomic E-state index is 0.0433. The van der Waals surface area contributed by atoms with Gasteiger partial charge in [-0.3, -0.25) is 9.69 Å². The quantitative estimate of drug-likeness (QED) is 0.784. The molecule has 1 atom stereocenters. The van der Waals surface area contributed by atoms with Crippen LogP contribution in [-0.2, 0) is 14.3 Å². The molecule has 2 aromatic rings. The van der Waals surface area contributed by atoms with Gasteiger partial charge in [0.1, 0.15) is 6.61 Å². The standard InChI is InChI=1S/C19H14ClNO3/c20-13-8-6-12(7-9-13)15-10-17(22)21(14-4-2-1-3-5-14)16-11-24-19(23)18(15)16/h1-9,15H,10-11H2. The summed E-state index contributed by atoms with van der Waals surface area (Å²) >= 11 is 5.94. The number of esters is 1. The predicted octanol–water partition coefficient (Wildman–Crippen LogP) is 3.67. The van der Waals surface area contributed by atoms with Crippen LogP contribution in [0.5, 0.6) is 0 Å². The summed E-state index contributed by atoms with van der Waals surface area (Å²) in [5.41, 5.74) is 2.86. The SMILES string of the molecule is O=C1OCC2=C1C(c1ccc(Cl)cc1)CC(=O)N2c1ccccc1.